The Balaban J connectivity index is 3.19. The first-order valence-electron chi connectivity index (χ1n) is 4.34. The molecule has 1 N–H and O–H groups in total. The van der Waals surface area contributed by atoms with Crippen LogP contribution in [0.2, 0.25) is 0 Å². The molecule has 0 unspecified atom stereocenters. The van der Waals surface area contributed by atoms with Crippen LogP contribution in [0, 0.1) is 18.8 Å². The average molecular weight is 219 g/mol. The molecule has 0 saturated carbocycles. The van der Waals surface area contributed by atoms with Crippen molar-refractivity contribution in [1.82, 2.24) is 4.98 Å². The predicted octanol–water partition coefficient (Wildman–Crippen LogP) is 0.613. The molecule has 0 aliphatic rings. The molecule has 0 aliphatic carbocycles. The fourth-order valence-electron chi connectivity index (χ4n) is 1.00. The fourth-order valence-corrected chi connectivity index (χ4v) is 1.00. The van der Waals surface area contributed by atoms with E-state index in [0.29, 0.717) is 0 Å². The van der Waals surface area contributed by atoms with Gasteiger partial charge in [0.25, 0.3) is 0 Å². The van der Waals surface area contributed by atoms with E-state index in [4.69, 9.17) is 5.11 Å². The quantitative estimate of drug-likeness (QED) is 0.553. The van der Waals surface area contributed by atoms with Crippen LogP contribution in [0.25, 0.3) is 0 Å². The first kappa shape index (κ1) is 11.7. The highest BCUT2D eigenvalue weighted by molar-refractivity contribution is 5.92. The number of carbonyl (C=O) groups excluding carboxylic acids is 1. The molecule has 1 aromatic rings. The van der Waals surface area contributed by atoms with Crippen molar-refractivity contribution in [3.63, 3.8) is 0 Å². The van der Waals surface area contributed by atoms with E-state index in [0.717, 1.165) is 5.56 Å². The van der Waals surface area contributed by atoms with E-state index >= 15 is 0 Å². The number of carboxylic acids is 1. The van der Waals surface area contributed by atoms with Crippen LogP contribution in [0.4, 0.5) is 0 Å². The van der Waals surface area contributed by atoms with Gasteiger partial charge in [-0.25, -0.2) is 14.6 Å². The van der Waals surface area contributed by atoms with Crippen LogP contribution in [0.5, 0.6) is 0 Å². The second-order valence-corrected chi connectivity index (χ2v) is 2.96. The van der Waals surface area contributed by atoms with Gasteiger partial charge in [-0.05, 0) is 18.6 Å². The third kappa shape index (κ3) is 2.82. The summed E-state index contributed by atoms with van der Waals surface area (Å²) in [5.74, 6) is 2.66. The molecule has 5 nitrogen and oxygen atoms in total. The smallest absolute Gasteiger partial charge is 0.384 e. The van der Waals surface area contributed by atoms with E-state index in [1.165, 1.54) is 13.3 Å². The topological polar surface area (TPSA) is 76.5 Å². The lowest BCUT2D eigenvalue weighted by molar-refractivity contribution is -0.133. The Kier molecular flexibility index (Phi) is 3.62. The van der Waals surface area contributed by atoms with Gasteiger partial charge >= 0.3 is 11.9 Å². The summed E-state index contributed by atoms with van der Waals surface area (Å²) >= 11 is 0. The number of aromatic carboxylic acids is 1. The highest BCUT2D eigenvalue weighted by atomic mass is 16.5. The van der Waals surface area contributed by atoms with Gasteiger partial charge < -0.3 is 9.84 Å². The maximum atomic E-state index is 10.8. The van der Waals surface area contributed by atoms with Crippen LogP contribution in [-0.4, -0.2) is 29.1 Å². The Bertz CT molecular complexity index is 496. The van der Waals surface area contributed by atoms with Crippen LogP contribution < -0.4 is 0 Å². The average Bonchev–Trinajstić information content (AvgIpc) is 2.25. The highest BCUT2D eigenvalue weighted by Gasteiger charge is 2.10. The third-order valence-corrected chi connectivity index (χ3v) is 1.71. The van der Waals surface area contributed by atoms with Gasteiger partial charge in [0.15, 0.2) is 5.69 Å². The van der Waals surface area contributed by atoms with E-state index < -0.39 is 11.9 Å². The summed E-state index contributed by atoms with van der Waals surface area (Å²) in [5, 5.41) is 8.83. The van der Waals surface area contributed by atoms with Gasteiger partial charge in [0.05, 0.1) is 12.7 Å². The van der Waals surface area contributed by atoms with Crippen LogP contribution in [0.1, 0.15) is 21.6 Å². The van der Waals surface area contributed by atoms with Crippen LogP contribution in [0.15, 0.2) is 12.3 Å². The summed E-state index contributed by atoms with van der Waals surface area (Å²) in [7, 11) is 1.20. The van der Waals surface area contributed by atoms with Crippen LogP contribution in [-0.2, 0) is 9.53 Å². The molecule has 1 rings (SSSR count). The van der Waals surface area contributed by atoms with Crippen LogP contribution in [0.3, 0.4) is 0 Å². The van der Waals surface area contributed by atoms with Crippen molar-refractivity contribution in [2.24, 2.45) is 0 Å². The van der Waals surface area contributed by atoms with E-state index in [2.05, 4.69) is 21.6 Å². The number of hydrogen-bond donors (Lipinski definition) is 1. The minimum Gasteiger partial charge on any atom is -0.476 e. The third-order valence-electron chi connectivity index (χ3n) is 1.71. The monoisotopic (exact) mass is 219 g/mol. The van der Waals surface area contributed by atoms with Crippen molar-refractivity contribution < 1.29 is 19.4 Å². The van der Waals surface area contributed by atoms with Crippen molar-refractivity contribution in [2.45, 2.75) is 6.92 Å². The maximum absolute atomic E-state index is 10.8. The van der Waals surface area contributed by atoms with Crippen molar-refractivity contribution in [3.05, 3.63) is 29.1 Å². The molecule has 0 aromatic carbocycles. The molecule has 0 fully saturated rings. The van der Waals surface area contributed by atoms with E-state index in [9.17, 15) is 9.59 Å². The first-order chi connectivity index (χ1) is 7.54. The Hall–Kier alpha value is -2.35. The lowest BCUT2D eigenvalue weighted by Gasteiger charge is -1.98. The fraction of sp³-hybridized carbons (Fsp3) is 0.182. The summed E-state index contributed by atoms with van der Waals surface area (Å²) in [6.45, 7) is 1.75. The second kappa shape index (κ2) is 4.94. The number of aryl methyl sites for hydroxylation is 1. The number of esters is 1. The van der Waals surface area contributed by atoms with Gasteiger partial charge in [0.1, 0.15) is 0 Å². The van der Waals surface area contributed by atoms with Crippen LogP contribution >= 0.6 is 0 Å². The summed E-state index contributed by atoms with van der Waals surface area (Å²) in [6.07, 6.45) is 1.42. The van der Waals surface area contributed by atoms with Gasteiger partial charge in [-0.15, -0.1) is 0 Å². The number of hydrogen-bond acceptors (Lipinski definition) is 4. The number of ether oxygens (including phenoxy) is 1. The largest absolute Gasteiger partial charge is 0.476 e. The molecule has 1 aromatic heterocycles. The highest BCUT2D eigenvalue weighted by Crippen LogP contribution is 2.07. The van der Waals surface area contributed by atoms with Gasteiger partial charge in [-0.2, -0.15) is 0 Å². The zero-order valence-electron chi connectivity index (χ0n) is 8.77. The maximum Gasteiger partial charge on any atom is 0.384 e. The number of methoxy groups -OCH3 is 1. The molecular formula is C11H9NO4. The van der Waals surface area contributed by atoms with E-state index in [1.54, 1.807) is 13.0 Å². The number of carbonyl (C=O) groups is 2. The summed E-state index contributed by atoms with van der Waals surface area (Å²) < 4.78 is 4.32. The standard InChI is InChI=1S/C11H9NO4/c1-7-5-8(3-4-9(13)16-2)10(11(14)15)12-6-7/h5-6H,1-2H3,(H,14,15). The second-order valence-electron chi connectivity index (χ2n) is 2.96. The molecular weight excluding hydrogens is 210 g/mol. The molecule has 0 aliphatic heterocycles. The Morgan fingerprint density at radius 3 is 2.75 bits per heavy atom. The molecule has 0 saturated heterocycles. The molecule has 0 bridgehead atoms. The first-order valence-corrected chi connectivity index (χ1v) is 4.34. The minimum absolute atomic E-state index is 0.179. The number of carboxylic acid groups (broad SMARTS) is 1. The van der Waals surface area contributed by atoms with Gasteiger partial charge in [-0.3, -0.25) is 0 Å². The molecule has 0 amide bonds. The molecule has 0 atom stereocenters. The zero-order valence-corrected chi connectivity index (χ0v) is 8.77. The number of aromatic nitrogens is 1. The molecule has 1 heterocycles. The lowest BCUT2D eigenvalue weighted by Crippen LogP contribution is -2.04. The number of rotatable bonds is 1. The Labute approximate surface area is 92.1 Å². The Morgan fingerprint density at radius 2 is 2.19 bits per heavy atom. The van der Waals surface area contributed by atoms with Gasteiger partial charge in [-0.1, -0.05) is 5.92 Å². The summed E-state index contributed by atoms with van der Waals surface area (Å²) in [4.78, 5) is 25.3. The van der Waals surface area contributed by atoms with Crippen molar-refractivity contribution >= 4 is 11.9 Å². The Morgan fingerprint density at radius 1 is 1.50 bits per heavy atom. The summed E-state index contributed by atoms with van der Waals surface area (Å²) in [6, 6.07) is 1.55. The molecule has 0 radical (unpaired) electrons. The SMILES string of the molecule is COC(=O)C#Cc1cc(C)cnc1C(=O)O. The molecule has 5 heteroatoms. The summed E-state index contributed by atoms with van der Waals surface area (Å²) in [5.41, 5.74) is 0.777. The normalized spacial score (nSPS) is 8.88. The van der Waals surface area contributed by atoms with Crippen molar-refractivity contribution in [1.29, 1.82) is 0 Å². The van der Waals surface area contributed by atoms with Crippen molar-refractivity contribution in [3.8, 4) is 11.8 Å². The molecule has 82 valence electrons. The van der Waals surface area contributed by atoms with Crippen molar-refractivity contribution in [2.75, 3.05) is 7.11 Å². The van der Waals surface area contributed by atoms with E-state index in [-0.39, 0.29) is 11.3 Å². The zero-order chi connectivity index (χ0) is 12.1. The lowest BCUT2D eigenvalue weighted by atomic mass is 10.1. The van der Waals surface area contributed by atoms with E-state index in [1.807, 2.05) is 0 Å². The molecule has 0 spiro atoms. The predicted molar refractivity (Wildman–Crippen MR) is 54.8 cm³/mol. The minimum atomic E-state index is -1.19. The number of pyridine rings is 1. The molecule has 16 heavy (non-hydrogen) atoms. The number of nitrogens with zero attached hydrogens (tertiary/aromatic N) is 1. The van der Waals surface area contributed by atoms with Gasteiger partial charge in [0.2, 0.25) is 0 Å². The van der Waals surface area contributed by atoms with Gasteiger partial charge in [0, 0.05) is 12.1 Å².